The molecule has 0 saturated heterocycles. The van der Waals surface area contributed by atoms with Crippen LogP contribution in [0.5, 0.6) is 0 Å². The Bertz CT molecular complexity index is 174. The smallest absolute Gasteiger partial charge is 0.0961 e. The van der Waals surface area contributed by atoms with Gasteiger partial charge in [0.2, 0.25) is 0 Å². The molecule has 1 atom stereocenters. The quantitative estimate of drug-likeness (QED) is 0.199. The van der Waals surface area contributed by atoms with Gasteiger partial charge in [0.1, 0.15) is 0 Å². The van der Waals surface area contributed by atoms with Gasteiger partial charge in [-0.25, -0.2) is 9.78 Å². The first-order chi connectivity index (χ1) is 9.85. The zero-order chi connectivity index (χ0) is 14.9. The van der Waals surface area contributed by atoms with Crippen LogP contribution in [0.1, 0.15) is 97.8 Å². The van der Waals surface area contributed by atoms with E-state index < -0.39 is 0 Å². The Hall–Kier alpha value is -0.120. The molecule has 0 aliphatic rings. The Balaban J connectivity index is 3.56. The van der Waals surface area contributed by atoms with Gasteiger partial charge in [-0.05, 0) is 19.3 Å². The number of rotatable bonds is 16. The minimum atomic E-state index is 0.197. The Kier molecular flexibility index (Phi) is 16.8. The van der Waals surface area contributed by atoms with E-state index in [1.54, 1.807) is 0 Å². The minimum absolute atomic E-state index is 0.197. The molecule has 0 aromatic carbocycles. The van der Waals surface area contributed by atoms with Crippen molar-refractivity contribution in [2.24, 2.45) is 0 Å². The standard InChI is InChI=1S/C17H36O3/c1-4-7-10-11-12-13-15-17(14-8-5-2)19-20-18-16-9-6-3/h17H,4-16H2,1-3H3. The van der Waals surface area contributed by atoms with E-state index in [9.17, 15) is 0 Å². The van der Waals surface area contributed by atoms with Crippen molar-refractivity contribution in [1.29, 1.82) is 0 Å². The zero-order valence-corrected chi connectivity index (χ0v) is 14.0. The monoisotopic (exact) mass is 288 g/mol. The van der Waals surface area contributed by atoms with Crippen molar-refractivity contribution in [1.82, 2.24) is 0 Å². The van der Waals surface area contributed by atoms with Crippen LogP contribution in [0.15, 0.2) is 0 Å². The molecule has 1 unspecified atom stereocenters. The van der Waals surface area contributed by atoms with Crippen molar-refractivity contribution in [2.75, 3.05) is 6.61 Å². The van der Waals surface area contributed by atoms with Crippen molar-refractivity contribution in [3.05, 3.63) is 0 Å². The molecule has 0 heterocycles. The summed E-state index contributed by atoms with van der Waals surface area (Å²) in [5, 5.41) is 4.89. The molecule has 0 aromatic heterocycles. The van der Waals surface area contributed by atoms with Crippen LogP contribution >= 0.6 is 0 Å². The van der Waals surface area contributed by atoms with E-state index in [4.69, 9.17) is 14.8 Å². The van der Waals surface area contributed by atoms with E-state index in [-0.39, 0.29) is 6.10 Å². The Morgan fingerprint density at radius 1 is 0.650 bits per heavy atom. The lowest BCUT2D eigenvalue weighted by atomic mass is 10.0. The van der Waals surface area contributed by atoms with E-state index in [1.807, 2.05) is 0 Å². The van der Waals surface area contributed by atoms with Crippen molar-refractivity contribution in [3.63, 3.8) is 0 Å². The fourth-order valence-corrected chi connectivity index (χ4v) is 2.15. The largest absolute Gasteiger partial charge is 0.206 e. The molecule has 0 bridgehead atoms. The lowest BCUT2D eigenvalue weighted by Crippen LogP contribution is -2.14. The van der Waals surface area contributed by atoms with Gasteiger partial charge in [-0.15, -0.1) is 0 Å². The molecule has 0 spiro atoms. The second-order valence-corrected chi connectivity index (χ2v) is 5.66. The van der Waals surface area contributed by atoms with Crippen molar-refractivity contribution in [2.45, 2.75) is 104 Å². The average molecular weight is 288 g/mol. The van der Waals surface area contributed by atoms with Crippen LogP contribution in [-0.2, 0) is 14.8 Å². The molecule has 20 heavy (non-hydrogen) atoms. The first-order valence-electron chi connectivity index (χ1n) is 8.80. The molecule has 3 nitrogen and oxygen atoms in total. The molecule has 0 aliphatic heterocycles. The van der Waals surface area contributed by atoms with Gasteiger partial charge in [-0.2, -0.15) is 0 Å². The maximum Gasteiger partial charge on any atom is 0.0961 e. The maximum absolute atomic E-state index is 5.40. The molecule has 0 radical (unpaired) electrons. The van der Waals surface area contributed by atoms with E-state index in [0.29, 0.717) is 6.61 Å². The van der Waals surface area contributed by atoms with Gasteiger partial charge in [0.25, 0.3) is 0 Å². The molecule has 0 aromatic rings. The fraction of sp³-hybridized carbons (Fsp3) is 1.00. The van der Waals surface area contributed by atoms with Crippen LogP contribution in [0.25, 0.3) is 0 Å². The van der Waals surface area contributed by atoms with Crippen molar-refractivity contribution < 1.29 is 14.8 Å². The molecule has 0 rings (SSSR count). The summed E-state index contributed by atoms with van der Waals surface area (Å²) in [6.45, 7) is 7.21. The number of unbranched alkanes of at least 4 members (excludes halogenated alkanes) is 7. The van der Waals surface area contributed by atoms with Crippen LogP contribution in [0, 0.1) is 0 Å². The topological polar surface area (TPSA) is 27.7 Å². The summed E-state index contributed by atoms with van der Waals surface area (Å²) in [5.74, 6) is 0. The van der Waals surface area contributed by atoms with Crippen LogP contribution < -0.4 is 0 Å². The third-order valence-corrected chi connectivity index (χ3v) is 3.56. The molecule has 3 heteroatoms. The normalized spacial score (nSPS) is 12.8. The van der Waals surface area contributed by atoms with Gasteiger partial charge in [0, 0.05) is 0 Å². The van der Waals surface area contributed by atoms with Gasteiger partial charge >= 0.3 is 0 Å². The summed E-state index contributed by atoms with van der Waals surface area (Å²) in [4.78, 5) is 10.4. The second kappa shape index (κ2) is 16.9. The molecule has 0 saturated carbocycles. The summed E-state index contributed by atoms with van der Waals surface area (Å²) in [6, 6.07) is 0. The average Bonchev–Trinajstić information content (AvgIpc) is 2.47. The Morgan fingerprint density at radius 2 is 1.25 bits per heavy atom. The van der Waals surface area contributed by atoms with Gasteiger partial charge in [0.15, 0.2) is 0 Å². The van der Waals surface area contributed by atoms with Gasteiger partial charge in [-0.3, -0.25) is 0 Å². The summed E-state index contributed by atoms with van der Waals surface area (Å²) in [7, 11) is 0. The summed E-state index contributed by atoms with van der Waals surface area (Å²) in [5.41, 5.74) is 0. The molecule has 122 valence electrons. The summed E-state index contributed by atoms with van der Waals surface area (Å²) < 4.78 is 0. The van der Waals surface area contributed by atoms with E-state index in [0.717, 1.165) is 25.7 Å². The van der Waals surface area contributed by atoms with Crippen LogP contribution in [-0.4, -0.2) is 12.7 Å². The SMILES string of the molecule is CCCCCCCCC(CCCC)OOOCCCC. The lowest BCUT2D eigenvalue weighted by Gasteiger charge is -2.15. The summed E-state index contributed by atoms with van der Waals surface area (Å²) >= 11 is 0. The third kappa shape index (κ3) is 14.3. The van der Waals surface area contributed by atoms with Crippen molar-refractivity contribution >= 4 is 0 Å². The maximum atomic E-state index is 5.40. The molecule has 0 N–H and O–H groups in total. The highest BCUT2D eigenvalue weighted by Crippen LogP contribution is 2.15. The Morgan fingerprint density at radius 3 is 1.95 bits per heavy atom. The van der Waals surface area contributed by atoms with Gasteiger partial charge < -0.3 is 0 Å². The second-order valence-electron chi connectivity index (χ2n) is 5.66. The summed E-state index contributed by atoms with van der Waals surface area (Å²) in [6.07, 6.45) is 14.8. The predicted molar refractivity (Wildman–Crippen MR) is 84.3 cm³/mol. The number of hydrogen-bond donors (Lipinski definition) is 0. The van der Waals surface area contributed by atoms with E-state index in [1.165, 1.54) is 51.4 Å². The first-order valence-corrected chi connectivity index (χ1v) is 8.80. The highest BCUT2D eigenvalue weighted by molar-refractivity contribution is 4.57. The third-order valence-electron chi connectivity index (χ3n) is 3.56. The molecule has 0 fully saturated rings. The molecule has 0 aliphatic carbocycles. The highest BCUT2D eigenvalue weighted by Gasteiger charge is 2.10. The van der Waals surface area contributed by atoms with Crippen LogP contribution in [0.3, 0.4) is 0 Å². The van der Waals surface area contributed by atoms with Crippen LogP contribution in [0.2, 0.25) is 0 Å². The minimum Gasteiger partial charge on any atom is -0.206 e. The van der Waals surface area contributed by atoms with Crippen molar-refractivity contribution in [3.8, 4) is 0 Å². The Labute approximate surface area is 126 Å². The van der Waals surface area contributed by atoms with Crippen LogP contribution in [0.4, 0.5) is 0 Å². The van der Waals surface area contributed by atoms with Gasteiger partial charge in [0.05, 0.1) is 12.7 Å². The zero-order valence-electron chi connectivity index (χ0n) is 14.0. The predicted octanol–water partition coefficient (Wildman–Crippen LogP) is 5.98. The molecular weight excluding hydrogens is 252 g/mol. The number of hydrogen-bond acceptors (Lipinski definition) is 3. The molecular formula is C17H36O3. The fourth-order valence-electron chi connectivity index (χ4n) is 2.15. The van der Waals surface area contributed by atoms with E-state index in [2.05, 4.69) is 20.8 Å². The molecule has 0 amide bonds. The lowest BCUT2D eigenvalue weighted by molar-refractivity contribution is -0.527. The van der Waals surface area contributed by atoms with E-state index >= 15 is 0 Å². The first kappa shape index (κ1) is 19.9. The van der Waals surface area contributed by atoms with Gasteiger partial charge in [-0.1, -0.05) is 83.6 Å². The highest BCUT2D eigenvalue weighted by atomic mass is 17.5.